The van der Waals surface area contributed by atoms with Crippen molar-refractivity contribution in [1.29, 1.82) is 0 Å². The van der Waals surface area contributed by atoms with Gasteiger partial charge in [-0.2, -0.15) is 0 Å². The molecule has 1 aliphatic carbocycles. The predicted octanol–water partition coefficient (Wildman–Crippen LogP) is 5.48. The van der Waals surface area contributed by atoms with E-state index in [1.807, 2.05) is 6.07 Å². The van der Waals surface area contributed by atoms with Crippen molar-refractivity contribution in [3.05, 3.63) is 100 Å². The number of halogens is 1. The summed E-state index contributed by atoms with van der Waals surface area (Å²) < 4.78 is 6.34. The van der Waals surface area contributed by atoms with Crippen molar-refractivity contribution in [3.63, 3.8) is 0 Å². The van der Waals surface area contributed by atoms with Crippen molar-refractivity contribution < 1.29 is 9.53 Å². The van der Waals surface area contributed by atoms with Crippen LogP contribution in [0.1, 0.15) is 28.5 Å². The molecular formula is C25H22BrNO2. The summed E-state index contributed by atoms with van der Waals surface area (Å²) in [4.78, 5) is 13.0. The number of esters is 1. The zero-order valence-electron chi connectivity index (χ0n) is 16.1. The molecule has 3 nitrogen and oxygen atoms in total. The van der Waals surface area contributed by atoms with Crippen LogP contribution < -0.4 is 5.32 Å². The number of hydrogen-bond donors (Lipinski definition) is 1. The molecule has 1 aliphatic heterocycles. The maximum atomic E-state index is 13.0. The Bertz CT molecular complexity index is 1050. The first-order chi connectivity index (χ1) is 14.2. The van der Waals surface area contributed by atoms with E-state index < -0.39 is 0 Å². The lowest BCUT2D eigenvalue weighted by molar-refractivity contribution is -0.155. The lowest BCUT2D eigenvalue weighted by atomic mass is 9.42. The SMILES string of the molecule is COC(=O)[C@@H]1[C@@H](c2ccccc2)[C@]2(CNc3ccccc32)[C@@H]1c1ccc(Br)cc1. The highest BCUT2D eigenvalue weighted by molar-refractivity contribution is 9.10. The van der Waals surface area contributed by atoms with Crippen LogP contribution in [-0.2, 0) is 14.9 Å². The topological polar surface area (TPSA) is 38.3 Å². The van der Waals surface area contributed by atoms with E-state index >= 15 is 0 Å². The molecular weight excluding hydrogens is 426 g/mol. The smallest absolute Gasteiger partial charge is 0.309 e. The number of para-hydroxylation sites is 1. The summed E-state index contributed by atoms with van der Waals surface area (Å²) in [6.45, 7) is 0.806. The number of ether oxygens (including phenoxy) is 1. The largest absolute Gasteiger partial charge is 0.469 e. The summed E-state index contributed by atoms with van der Waals surface area (Å²) in [6.07, 6.45) is 0. The Balaban J connectivity index is 1.73. The van der Waals surface area contributed by atoms with E-state index in [-0.39, 0.29) is 29.1 Å². The predicted molar refractivity (Wildman–Crippen MR) is 118 cm³/mol. The lowest BCUT2D eigenvalue weighted by Crippen LogP contribution is -2.60. The number of carbonyl (C=O) groups is 1. The number of anilines is 1. The minimum Gasteiger partial charge on any atom is -0.469 e. The van der Waals surface area contributed by atoms with Crippen molar-refractivity contribution in [2.75, 3.05) is 19.0 Å². The normalized spacial score (nSPS) is 27.0. The molecule has 0 amide bonds. The second-order valence-corrected chi connectivity index (χ2v) is 8.82. The number of hydrogen-bond acceptors (Lipinski definition) is 3. The van der Waals surface area contributed by atoms with Crippen LogP contribution in [0, 0.1) is 5.92 Å². The lowest BCUT2D eigenvalue weighted by Gasteiger charge is -2.59. The van der Waals surface area contributed by atoms with Crippen LogP contribution in [0.5, 0.6) is 0 Å². The van der Waals surface area contributed by atoms with Crippen LogP contribution in [0.4, 0.5) is 5.69 Å². The van der Waals surface area contributed by atoms with E-state index in [2.05, 4.69) is 94.0 Å². The number of nitrogens with one attached hydrogen (secondary N) is 1. The fourth-order valence-electron chi connectivity index (χ4n) is 5.59. The molecule has 0 bridgehead atoms. The molecule has 4 atom stereocenters. The summed E-state index contributed by atoms with van der Waals surface area (Å²) in [7, 11) is 1.49. The Labute approximate surface area is 179 Å². The number of fused-ring (bicyclic) bond motifs is 2. The van der Waals surface area contributed by atoms with E-state index in [9.17, 15) is 4.79 Å². The molecule has 29 heavy (non-hydrogen) atoms. The van der Waals surface area contributed by atoms with Gasteiger partial charge >= 0.3 is 5.97 Å². The van der Waals surface area contributed by atoms with Gasteiger partial charge in [0.1, 0.15) is 0 Å². The van der Waals surface area contributed by atoms with Crippen molar-refractivity contribution in [3.8, 4) is 0 Å². The molecule has 0 unspecified atom stereocenters. The van der Waals surface area contributed by atoms with Gasteiger partial charge in [-0.3, -0.25) is 4.79 Å². The van der Waals surface area contributed by atoms with Crippen molar-refractivity contribution >= 4 is 27.6 Å². The molecule has 0 radical (unpaired) electrons. The van der Waals surface area contributed by atoms with Gasteiger partial charge in [0.2, 0.25) is 0 Å². The molecule has 1 saturated carbocycles. The second-order valence-electron chi connectivity index (χ2n) is 7.91. The van der Waals surface area contributed by atoms with E-state index in [1.54, 1.807) is 0 Å². The van der Waals surface area contributed by atoms with E-state index in [0.29, 0.717) is 0 Å². The van der Waals surface area contributed by atoms with Crippen molar-refractivity contribution in [2.24, 2.45) is 5.92 Å². The van der Waals surface area contributed by atoms with Gasteiger partial charge in [-0.1, -0.05) is 76.6 Å². The molecule has 1 spiro atoms. The molecule has 146 valence electrons. The van der Waals surface area contributed by atoms with Crippen molar-refractivity contribution in [2.45, 2.75) is 17.3 Å². The molecule has 1 N–H and O–H groups in total. The summed E-state index contributed by atoms with van der Waals surface area (Å²) in [5, 5.41) is 3.62. The van der Waals surface area contributed by atoms with Crippen LogP contribution in [0.3, 0.4) is 0 Å². The Kier molecular flexibility index (Phi) is 4.47. The van der Waals surface area contributed by atoms with Gasteiger partial charge in [0, 0.05) is 34.0 Å². The summed E-state index contributed by atoms with van der Waals surface area (Å²) in [6, 6.07) is 27.3. The average Bonchev–Trinajstić information content (AvgIpc) is 3.16. The monoisotopic (exact) mass is 447 g/mol. The number of rotatable bonds is 3. The maximum Gasteiger partial charge on any atom is 0.309 e. The van der Waals surface area contributed by atoms with Crippen LogP contribution in [-0.4, -0.2) is 19.6 Å². The summed E-state index contributed by atoms with van der Waals surface area (Å²) in [5.41, 5.74) is 4.63. The third kappa shape index (κ3) is 2.66. The molecule has 3 aromatic rings. The Morgan fingerprint density at radius 3 is 2.24 bits per heavy atom. The Morgan fingerprint density at radius 2 is 1.55 bits per heavy atom. The van der Waals surface area contributed by atoms with Crippen LogP contribution >= 0.6 is 15.9 Å². The Morgan fingerprint density at radius 1 is 0.931 bits per heavy atom. The van der Waals surface area contributed by atoms with E-state index in [0.717, 1.165) is 11.0 Å². The molecule has 3 aromatic carbocycles. The third-order valence-corrected chi connectivity index (χ3v) is 7.22. The highest BCUT2D eigenvalue weighted by Gasteiger charge is 2.68. The van der Waals surface area contributed by atoms with Gasteiger partial charge in [-0.15, -0.1) is 0 Å². The van der Waals surface area contributed by atoms with Gasteiger partial charge < -0.3 is 10.1 Å². The highest BCUT2D eigenvalue weighted by atomic mass is 79.9. The Hall–Kier alpha value is -2.59. The molecule has 0 saturated heterocycles. The van der Waals surface area contributed by atoms with E-state index in [1.165, 1.54) is 29.5 Å². The van der Waals surface area contributed by atoms with Crippen molar-refractivity contribution in [1.82, 2.24) is 0 Å². The zero-order valence-corrected chi connectivity index (χ0v) is 17.7. The minimum absolute atomic E-state index is 0.0457. The number of benzene rings is 3. The quantitative estimate of drug-likeness (QED) is 0.539. The van der Waals surface area contributed by atoms with Gasteiger partial charge in [-0.25, -0.2) is 0 Å². The zero-order chi connectivity index (χ0) is 20.0. The summed E-state index contributed by atoms with van der Waals surface area (Å²) >= 11 is 3.54. The first kappa shape index (κ1) is 18.4. The fraction of sp³-hybridized carbons (Fsp3) is 0.240. The molecule has 4 heteroatoms. The maximum absolute atomic E-state index is 13.0. The number of carbonyl (C=O) groups excluding carboxylic acids is 1. The number of methoxy groups -OCH3 is 1. The first-order valence-corrected chi connectivity index (χ1v) is 10.7. The minimum atomic E-state index is -0.225. The van der Waals surface area contributed by atoms with Crippen LogP contribution in [0.25, 0.3) is 0 Å². The van der Waals surface area contributed by atoms with E-state index in [4.69, 9.17) is 4.74 Å². The van der Waals surface area contributed by atoms with Gasteiger partial charge in [0.25, 0.3) is 0 Å². The second kappa shape index (κ2) is 7.03. The van der Waals surface area contributed by atoms with Gasteiger partial charge in [0.15, 0.2) is 0 Å². The van der Waals surface area contributed by atoms with Crippen LogP contribution in [0.15, 0.2) is 83.3 Å². The molecule has 5 rings (SSSR count). The average molecular weight is 448 g/mol. The van der Waals surface area contributed by atoms with Gasteiger partial charge in [0.05, 0.1) is 13.0 Å². The van der Waals surface area contributed by atoms with Gasteiger partial charge in [-0.05, 0) is 34.9 Å². The highest BCUT2D eigenvalue weighted by Crippen LogP contribution is 2.69. The van der Waals surface area contributed by atoms with Crippen LogP contribution in [0.2, 0.25) is 0 Å². The molecule has 0 aromatic heterocycles. The third-order valence-electron chi connectivity index (χ3n) is 6.69. The first-order valence-electron chi connectivity index (χ1n) is 9.88. The molecule has 1 fully saturated rings. The summed E-state index contributed by atoms with van der Waals surface area (Å²) in [5.74, 6) is -0.260. The molecule has 1 heterocycles. The molecule has 2 aliphatic rings. The standard InChI is InChI=1S/C25H22BrNO2/c1-29-24(28)21-22(16-7-3-2-4-8-16)25(15-27-20-10-6-5-9-19(20)25)23(21)17-11-13-18(26)14-12-17/h2-14,21-23,27H,15H2,1H3/t21-,22-,23-,25-/m1/s1. The fourth-order valence-corrected chi connectivity index (χ4v) is 5.86.